The van der Waals surface area contributed by atoms with Gasteiger partial charge in [0.25, 0.3) is 0 Å². The number of aromatic nitrogens is 1. The maximum atomic E-state index is 12.0. The van der Waals surface area contributed by atoms with Crippen molar-refractivity contribution in [2.75, 3.05) is 7.11 Å². The molecule has 0 saturated carbocycles. The van der Waals surface area contributed by atoms with Gasteiger partial charge in [-0.1, -0.05) is 23.2 Å². The first kappa shape index (κ1) is 12.5. The standard InChI is InChI=1S/C11H11Cl2NO3/c1-17-9(15)5-7-6-14-4-2-3-8(14)10(16)11(7,12)13/h2-4,7H,5-6H2,1H3. The Bertz CT molecular complexity index is 467. The quantitative estimate of drug-likeness (QED) is 0.613. The van der Waals surface area contributed by atoms with Gasteiger partial charge in [-0.15, -0.1) is 0 Å². The number of Topliss-reactive ketones (excluding diaryl/α,β-unsaturated/α-hetero) is 1. The minimum absolute atomic E-state index is 0.0207. The fourth-order valence-corrected chi connectivity index (χ4v) is 2.45. The van der Waals surface area contributed by atoms with E-state index in [4.69, 9.17) is 23.2 Å². The summed E-state index contributed by atoms with van der Waals surface area (Å²) in [5.74, 6) is -1.28. The molecule has 6 heteroatoms. The predicted octanol–water partition coefficient (Wildman–Crippen LogP) is 2.04. The van der Waals surface area contributed by atoms with Gasteiger partial charge in [0.2, 0.25) is 5.78 Å². The third kappa shape index (κ3) is 2.07. The number of carbonyl (C=O) groups is 2. The Kier molecular flexibility index (Phi) is 3.19. The van der Waals surface area contributed by atoms with E-state index in [9.17, 15) is 9.59 Å². The highest BCUT2D eigenvalue weighted by molar-refractivity contribution is 6.60. The van der Waals surface area contributed by atoms with Gasteiger partial charge in [-0.05, 0) is 12.1 Å². The number of ketones is 1. The monoisotopic (exact) mass is 275 g/mol. The van der Waals surface area contributed by atoms with Crippen LogP contribution in [0.5, 0.6) is 0 Å². The summed E-state index contributed by atoms with van der Waals surface area (Å²) in [6, 6.07) is 3.41. The Morgan fingerprint density at radius 3 is 3.00 bits per heavy atom. The molecule has 1 aromatic rings. The summed E-state index contributed by atoms with van der Waals surface area (Å²) in [5.41, 5.74) is 0.469. The summed E-state index contributed by atoms with van der Waals surface area (Å²) in [5, 5.41) is 0. The zero-order chi connectivity index (χ0) is 12.6. The maximum Gasteiger partial charge on any atom is 0.305 e. The van der Waals surface area contributed by atoms with Crippen molar-refractivity contribution in [2.45, 2.75) is 17.3 Å². The van der Waals surface area contributed by atoms with Crippen LogP contribution < -0.4 is 0 Å². The van der Waals surface area contributed by atoms with E-state index in [1.165, 1.54) is 7.11 Å². The zero-order valence-electron chi connectivity index (χ0n) is 9.15. The second kappa shape index (κ2) is 4.35. The number of hydrogen-bond acceptors (Lipinski definition) is 3. The first-order valence-corrected chi connectivity index (χ1v) is 5.87. The predicted molar refractivity (Wildman–Crippen MR) is 63.3 cm³/mol. The zero-order valence-corrected chi connectivity index (χ0v) is 10.7. The normalized spacial score (nSPS) is 22.1. The lowest BCUT2D eigenvalue weighted by molar-refractivity contribution is -0.141. The van der Waals surface area contributed by atoms with Crippen molar-refractivity contribution in [1.29, 1.82) is 0 Å². The van der Waals surface area contributed by atoms with E-state index in [1.807, 2.05) is 0 Å². The average Bonchev–Trinajstić information content (AvgIpc) is 2.73. The first-order valence-electron chi connectivity index (χ1n) is 5.11. The number of methoxy groups -OCH3 is 1. The highest BCUT2D eigenvalue weighted by Crippen LogP contribution is 2.40. The van der Waals surface area contributed by atoms with Gasteiger partial charge in [0.1, 0.15) is 0 Å². The van der Waals surface area contributed by atoms with Crippen molar-refractivity contribution < 1.29 is 14.3 Å². The van der Waals surface area contributed by atoms with Crippen molar-refractivity contribution in [3.63, 3.8) is 0 Å². The average molecular weight is 276 g/mol. The van der Waals surface area contributed by atoms with Crippen LogP contribution in [0.3, 0.4) is 0 Å². The van der Waals surface area contributed by atoms with E-state index < -0.39 is 16.2 Å². The topological polar surface area (TPSA) is 48.3 Å². The minimum Gasteiger partial charge on any atom is -0.469 e. The molecule has 2 heterocycles. The minimum atomic E-state index is -1.57. The van der Waals surface area contributed by atoms with E-state index in [2.05, 4.69) is 4.74 Å². The van der Waals surface area contributed by atoms with Crippen LogP contribution in [-0.4, -0.2) is 27.8 Å². The van der Waals surface area contributed by atoms with Crippen LogP contribution in [-0.2, 0) is 16.1 Å². The maximum absolute atomic E-state index is 12.0. The van der Waals surface area contributed by atoms with Gasteiger partial charge < -0.3 is 9.30 Å². The number of rotatable bonds is 2. The van der Waals surface area contributed by atoms with Crippen LogP contribution in [0.15, 0.2) is 18.3 Å². The Labute approximate surface area is 108 Å². The van der Waals surface area contributed by atoms with Gasteiger partial charge in [-0.2, -0.15) is 0 Å². The van der Waals surface area contributed by atoms with Gasteiger partial charge in [0, 0.05) is 18.7 Å². The molecule has 1 atom stereocenters. The molecule has 0 radical (unpaired) electrons. The molecule has 0 spiro atoms. The lowest BCUT2D eigenvalue weighted by Crippen LogP contribution is -2.44. The fraction of sp³-hybridized carbons (Fsp3) is 0.455. The number of esters is 1. The molecule has 0 bridgehead atoms. The van der Waals surface area contributed by atoms with E-state index in [1.54, 1.807) is 22.9 Å². The second-order valence-corrected chi connectivity index (χ2v) is 5.36. The number of nitrogens with zero attached hydrogens (tertiary/aromatic N) is 1. The number of carbonyl (C=O) groups excluding carboxylic acids is 2. The van der Waals surface area contributed by atoms with E-state index >= 15 is 0 Å². The molecule has 0 aromatic carbocycles. The molecule has 4 nitrogen and oxygen atoms in total. The molecule has 1 aliphatic heterocycles. The molecule has 1 aromatic heterocycles. The van der Waals surface area contributed by atoms with Gasteiger partial charge in [0.15, 0.2) is 4.33 Å². The lowest BCUT2D eigenvalue weighted by atomic mass is 9.92. The molecule has 92 valence electrons. The Morgan fingerprint density at radius 2 is 2.35 bits per heavy atom. The summed E-state index contributed by atoms with van der Waals surface area (Å²) in [4.78, 5) is 23.3. The molecular formula is C11H11Cl2NO3. The van der Waals surface area contributed by atoms with Gasteiger partial charge in [0.05, 0.1) is 19.2 Å². The largest absolute Gasteiger partial charge is 0.469 e. The van der Waals surface area contributed by atoms with Crippen LogP contribution in [0.1, 0.15) is 16.9 Å². The molecule has 2 rings (SSSR count). The number of halogens is 2. The molecule has 1 unspecified atom stereocenters. The van der Waals surface area contributed by atoms with E-state index in [0.29, 0.717) is 12.2 Å². The molecule has 0 aliphatic carbocycles. The second-order valence-electron chi connectivity index (χ2n) is 3.98. The number of hydrogen-bond donors (Lipinski definition) is 0. The third-order valence-electron chi connectivity index (χ3n) is 2.94. The van der Waals surface area contributed by atoms with Crippen molar-refractivity contribution in [2.24, 2.45) is 5.92 Å². The van der Waals surface area contributed by atoms with Crippen LogP contribution in [0.2, 0.25) is 0 Å². The van der Waals surface area contributed by atoms with Crippen LogP contribution in [0, 0.1) is 5.92 Å². The summed E-state index contributed by atoms with van der Waals surface area (Å²) in [7, 11) is 1.29. The fourth-order valence-electron chi connectivity index (χ4n) is 1.96. The highest BCUT2D eigenvalue weighted by Gasteiger charge is 2.48. The molecule has 0 saturated heterocycles. The smallest absolute Gasteiger partial charge is 0.305 e. The number of ether oxygens (including phenoxy) is 1. The number of fused-ring (bicyclic) bond motifs is 1. The van der Waals surface area contributed by atoms with Crippen LogP contribution >= 0.6 is 23.2 Å². The number of alkyl halides is 2. The molecular weight excluding hydrogens is 265 g/mol. The van der Waals surface area contributed by atoms with E-state index in [0.717, 1.165) is 0 Å². The first-order chi connectivity index (χ1) is 7.96. The molecule has 0 fully saturated rings. The van der Waals surface area contributed by atoms with Gasteiger partial charge in [-0.3, -0.25) is 9.59 Å². The lowest BCUT2D eigenvalue weighted by Gasteiger charge is -2.33. The summed E-state index contributed by atoms with van der Waals surface area (Å²) in [6.07, 6.45) is 1.79. The van der Waals surface area contributed by atoms with Crippen molar-refractivity contribution >= 4 is 35.0 Å². The third-order valence-corrected chi connectivity index (χ3v) is 3.90. The Hall–Kier alpha value is -1.000. The van der Waals surface area contributed by atoms with Gasteiger partial charge >= 0.3 is 5.97 Å². The molecule has 1 aliphatic rings. The molecule has 17 heavy (non-hydrogen) atoms. The highest BCUT2D eigenvalue weighted by atomic mass is 35.5. The SMILES string of the molecule is COC(=O)CC1Cn2cccc2C(=O)C1(Cl)Cl. The summed E-state index contributed by atoms with van der Waals surface area (Å²) >= 11 is 12.1. The molecule has 0 N–H and O–H groups in total. The van der Waals surface area contributed by atoms with Crippen LogP contribution in [0.4, 0.5) is 0 Å². The van der Waals surface area contributed by atoms with E-state index in [-0.39, 0.29) is 12.2 Å². The summed E-state index contributed by atoms with van der Waals surface area (Å²) in [6.45, 7) is 0.427. The van der Waals surface area contributed by atoms with Crippen molar-refractivity contribution in [3.8, 4) is 0 Å². The Morgan fingerprint density at radius 1 is 1.65 bits per heavy atom. The van der Waals surface area contributed by atoms with Crippen molar-refractivity contribution in [3.05, 3.63) is 24.0 Å². The molecule has 0 amide bonds. The summed E-state index contributed by atoms with van der Waals surface area (Å²) < 4.78 is 4.76. The van der Waals surface area contributed by atoms with Crippen LogP contribution in [0.25, 0.3) is 0 Å². The Balaban J connectivity index is 2.31. The van der Waals surface area contributed by atoms with Crippen molar-refractivity contribution in [1.82, 2.24) is 4.57 Å². The van der Waals surface area contributed by atoms with Gasteiger partial charge in [-0.25, -0.2) is 0 Å².